The van der Waals surface area contributed by atoms with Crippen LogP contribution in [0.5, 0.6) is 0 Å². The van der Waals surface area contributed by atoms with E-state index in [1.165, 1.54) is 11.3 Å². The molecule has 3 aromatic rings. The van der Waals surface area contributed by atoms with E-state index in [0.717, 1.165) is 74.5 Å². The molecule has 7 heteroatoms. The zero-order valence-corrected chi connectivity index (χ0v) is 19.8. The van der Waals surface area contributed by atoms with E-state index in [1.54, 1.807) is 11.3 Å². The lowest BCUT2D eigenvalue weighted by molar-refractivity contribution is 0.0784. The van der Waals surface area contributed by atoms with Gasteiger partial charge in [0, 0.05) is 47.9 Å². The highest BCUT2D eigenvalue weighted by Gasteiger charge is 2.33. The van der Waals surface area contributed by atoms with Gasteiger partial charge in [0.25, 0.3) is 5.91 Å². The van der Waals surface area contributed by atoms with Crippen LogP contribution in [0, 0.1) is 0 Å². The van der Waals surface area contributed by atoms with Crippen LogP contribution in [0.1, 0.15) is 52.9 Å². The number of carbonyl (C=O) groups excluding carboxylic acids is 1. The van der Waals surface area contributed by atoms with E-state index in [9.17, 15) is 4.79 Å². The maximum absolute atomic E-state index is 13.2. The molecule has 2 aromatic heterocycles. The average Bonchev–Trinajstić information content (AvgIpc) is 3.58. The van der Waals surface area contributed by atoms with Crippen molar-refractivity contribution in [1.82, 2.24) is 24.6 Å². The molecule has 6 nitrogen and oxygen atoms in total. The molecule has 1 aromatic carbocycles. The first-order valence-electron chi connectivity index (χ1n) is 11.7. The molecule has 2 aliphatic rings. The van der Waals surface area contributed by atoms with Gasteiger partial charge in [-0.05, 0) is 46.1 Å². The molecule has 1 saturated heterocycles. The zero-order chi connectivity index (χ0) is 22.1. The van der Waals surface area contributed by atoms with Crippen LogP contribution in [-0.2, 0) is 25.9 Å². The first-order valence-corrected chi connectivity index (χ1v) is 12.6. The van der Waals surface area contributed by atoms with Crippen LogP contribution in [-0.4, -0.2) is 56.7 Å². The maximum atomic E-state index is 13.2. The standard InChI is InChI=1S/C25H31N5OS/c1-3-30-22-12-11-19(15-20(22)24(27-30)25(31)29-13-7-8-14-29)28(2)16-23-26-21(17-32-23)18-9-5-4-6-10-18/h4-6,9-10,17,19H,3,7-8,11-16H2,1-2H3. The molecular formula is C25H31N5OS. The van der Waals surface area contributed by atoms with Crippen molar-refractivity contribution in [2.75, 3.05) is 20.1 Å². The summed E-state index contributed by atoms with van der Waals surface area (Å²) in [6.45, 7) is 5.49. The topological polar surface area (TPSA) is 54.3 Å². The number of thiazole rings is 1. The quantitative estimate of drug-likeness (QED) is 0.565. The molecule has 5 rings (SSSR count). The molecule has 32 heavy (non-hydrogen) atoms. The third kappa shape index (κ3) is 4.11. The third-order valence-corrected chi connectivity index (χ3v) is 7.68. The third-order valence-electron chi connectivity index (χ3n) is 6.85. The molecule has 1 aliphatic heterocycles. The summed E-state index contributed by atoms with van der Waals surface area (Å²) in [7, 11) is 2.19. The Kier molecular flexibility index (Phi) is 6.11. The highest BCUT2D eigenvalue weighted by Crippen LogP contribution is 2.30. The first kappa shape index (κ1) is 21.3. The summed E-state index contributed by atoms with van der Waals surface area (Å²) in [5, 5.41) is 8.05. The van der Waals surface area contributed by atoms with E-state index < -0.39 is 0 Å². The highest BCUT2D eigenvalue weighted by atomic mass is 32.1. The smallest absolute Gasteiger partial charge is 0.274 e. The minimum Gasteiger partial charge on any atom is -0.337 e. The Bertz CT molecular complexity index is 1080. The Morgan fingerprint density at radius 2 is 2.00 bits per heavy atom. The van der Waals surface area contributed by atoms with Crippen LogP contribution >= 0.6 is 11.3 Å². The van der Waals surface area contributed by atoms with Crippen molar-refractivity contribution < 1.29 is 4.79 Å². The van der Waals surface area contributed by atoms with Crippen LogP contribution in [0.3, 0.4) is 0 Å². The number of aryl methyl sites for hydroxylation is 1. The van der Waals surface area contributed by atoms with Gasteiger partial charge < -0.3 is 4.90 Å². The molecule has 168 valence electrons. The van der Waals surface area contributed by atoms with Crippen molar-refractivity contribution in [2.45, 2.75) is 58.2 Å². The van der Waals surface area contributed by atoms with E-state index in [4.69, 9.17) is 10.1 Å². The maximum Gasteiger partial charge on any atom is 0.274 e. The second-order valence-electron chi connectivity index (χ2n) is 8.89. The number of likely N-dealkylation sites (tertiary alicyclic amines) is 1. The van der Waals surface area contributed by atoms with Crippen LogP contribution in [0.4, 0.5) is 0 Å². The van der Waals surface area contributed by atoms with Crippen LogP contribution < -0.4 is 0 Å². The fourth-order valence-corrected chi connectivity index (χ4v) is 5.88. The number of hydrogen-bond donors (Lipinski definition) is 0. The summed E-state index contributed by atoms with van der Waals surface area (Å²) in [6.07, 6.45) is 5.16. The predicted molar refractivity (Wildman–Crippen MR) is 128 cm³/mol. The van der Waals surface area contributed by atoms with Gasteiger partial charge in [-0.1, -0.05) is 30.3 Å². The van der Waals surface area contributed by atoms with Crippen LogP contribution in [0.25, 0.3) is 11.3 Å². The fourth-order valence-electron chi connectivity index (χ4n) is 5.02. The lowest BCUT2D eigenvalue weighted by atomic mass is 9.90. The predicted octanol–water partition coefficient (Wildman–Crippen LogP) is 4.25. The molecule has 0 radical (unpaired) electrons. The first-order chi connectivity index (χ1) is 15.6. The molecule has 0 N–H and O–H groups in total. The largest absolute Gasteiger partial charge is 0.337 e. The number of fused-ring (bicyclic) bond motifs is 1. The van der Waals surface area contributed by atoms with Gasteiger partial charge in [0.15, 0.2) is 5.69 Å². The number of aromatic nitrogens is 3. The molecule has 1 aliphatic carbocycles. The lowest BCUT2D eigenvalue weighted by Gasteiger charge is -2.31. The average molecular weight is 450 g/mol. The summed E-state index contributed by atoms with van der Waals surface area (Å²) >= 11 is 1.72. The zero-order valence-electron chi connectivity index (χ0n) is 19.0. The van der Waals surface area contributed by atoms with E-state index in [2.05, 4.69) is 53.2 Å². The fraction of sp³-hybridized carbons (Fsp3) is 0.480. The number of benzene rings is 1. The summed E-state index contributed by atoms with van der Waals surface area (Å²) in [4.78, 5) is 22.4. The number of likely N-dealkylation sites (N-methyl/N-ethyl adjacent to an activating group) is 1. The summed E-state index contributed by atoms with van der Waals surface area (Å²) < 4.78 is 2.06. The molecule has 3 heterocycles. The SMILES string of the molecule is CCn1nc(C(=O)N2CCCC2)c2c1CCC(N(C)Cc1nc(-c3ccccc3)cs1)C2. The molecular weight excluding hydrogens is 418 g/mol. The lowest BCUT2D eigenvalue weighted by Crippen LogP contribution is -2.37. The van der Waals surface area contributed by atoms with Crippen molar-refractivity contribution in [1.29, 1.82) is 0 Å². The molecule has 0 bridgehead atoms. The summed E-state index contributed by atoms with van der Waals surface area (Å²) in [6, 6.07) is 10.7. The summed E-state index contributed by atoms with van der Waals surface area (Å²) in [5.41, 5.74) is 5.35. The number of hydrogen-bond acceptors (Lipinski definition) is 5. The molecule has 1 atom stereocenters. The van der Waals surface area contributed by atoms with Gasteiger partial charge in [-0.2, -0.15) is 5.10 Å². The Morgan fingerprint density at radius 3 is 2.75 bits per heavy atom. The van der Waals surface area contributed by atoms with Gasteiger partial charge in [0.05, 0.1) is 12.2 Å². The van der Waals surface area contributed by atoms with Gasteiger partial charge in [-0.15, -0.1) is 11.3 Å². The number of nitrogens with zero attached hydrogens (tertiary/aromatic N) is 5. The van der Waals surface area contributed by atoms with Gasteiger partial charge in [-0.25, -0.2) is 4.98 Å². The van der Waals surface area contributed by atoms with E-state index in [0.29, 0.717) is 11.7 Å². The van der Waals surface area contributed by atoms with Crippen molar-refractivity contribution in [3.05, 3.63) is 57.7 Å². The van der Waals surface area contributed by atoms with E-state index >= 15 is 0 Å². The summed E-state index contributed by atoms with van der Waals surface area (Å²) in [5.74, 6) is 0.127. The van der Waals surface area contributed by atoms with Crippen molar-refractivity contribution >= 4 is 17.2 Å². The Labute approximate surface area is 193 Å². The molecule has 1 amide bonds. The highest BCUT2D eigenvalue weighted by molar-refractivity contribution is 7.09. The van der Waals surface area contributed by atoms with Gasteiger partial charge in [-0.3, -0.25) is 14.4 Å². The van der Waals surface area contributed by atoms with Crippen molar-refractivity contribution in [3.8, 4) is 11.3 Å². The van der Waals surface area contributed by atoms with Crippen LogP contribution in [0.2, 0.25) is 0 Å². The molecule has 1 unspecified atom stereocenters. The Hall–Kier alpha value is -2.51. The number of rotatable bonds is 6. The van der Waals surface area contributed by atoms with Crippen molar-refractivity contribution in [3.63, 3.8) is 0 Å². The number of carbonyl (C=O) groups is 1. The minimum absolute atomic E-state index is 0.127. The number of amides is 1. The monoisotopic (exact) mass is 449 g/mol. The second-order valence-corrected chi connectivity index (χ2v) is 9.84. The van der Waals surface area contributed by atoms with E-state index in [-0.39, 0.29) is 5.91 Å². The second kappa shape index (κ2) is 9.16. The van der Waals surface area contributed by atoms with Crippen LogP contribution in [0.15, 0.2) is 35.7 Å². The molecule has 0 spiro atoms. The molecule has 0 saturated carbocycles. The molecule has 1 fully saturated rings. The Balaban J connectivity index is 1.32. The van der Waals surface area contributed by atoms with Crippen molar-refractivity contribution in [2.24, 2.45) is 0 Å². The minimum atomic E-state index is 0.127. The van der Waals surface area contributed by atoms with Gasteiger partial charge in [0.1, 0.15) is 5.01 Å². The Morgan fingerprint density at radius 1 is 1.22 bits per heavy atom. The normalized spacial score (nSPS) is 18.3. The van der Waals surface area contributed by atoms with E-state index in [1.807, 2.05) is 11.0 Å². The van der Waals surface area contributed by atoms with Gasteiger partial charge >= 0.3 is 0 Å². The van der Waals surface area contributed by atoms with Gasteiger partial charge in [0.2, 0.25) is 0 Å².